The predicted molar refractivity (Wildman–Crippen MR) is 54.4 cm³/mol. The van der Waals surface area contributed by atoms with E-state index >= 15 is 0 Å². The lowest BCUT2D eigenvalue weighted by atomic mass is 10.0. The van der Waals surface area contributed by atoms with E-state index in [1.807, 2.05) is 11.8 Å². The third-order valence-corrected chi connectivity index (χ3v) is 2.51. The van der Waals surface area contributed by atoms with Gasteiger partial charge in [-0.25, -0.2) is 0 Å². The molecule has 0 aromatic rings. The first-order valence-corrected chi connectivity index (χ1v) is 5.19. The van der Waals surface area contributed by atoms with Crippen molar-refractivity contribution >= 4 is 5.91 Å². The van der Waals surface area contributed by atoms with E-state index in [-0.39, 0.29) is 5.92 Å². The topological polar surface area (TPSA) is 20.3 Å². The van der Waals surface area contributed by atoms with Crippen LogP contribution >= 0.6 is 0 Å². The average Bonchev–Trinajstić information content (AvgIpc) is 2.18. The highest BCUT2D eigenvalue weighted by molar-refractivity contribution is 5.78. The highest BCUT2D eigenvalue weighted by Gasteiger charge is 2.19. The first-order chi connectivity index (χ1) is 6.25. The zero-order chi connectivity index (χ0) is 9.68. The van der Waals surface area contributed by atoms with E-state index in [1.54, 1.807) is 0 Å². The van der Waals surface area contributed by atoms with Gasteiger partial charge < -0.3 is 4.90 Å². The van der Waals surface area contributed by atoms with Gasteiger partial charge in [0.25, 0.3) is 0 Å². The van der Waals surface area contributed by atoms with Crippen LogP contribution in [0.1, 0.15) is 33.1 Å². The van der Waals surface area contributed by atoms with Gasteiger partial charge in [0, 0.05) is 19.0 Å². The maximum atomic E-state index is 11.8. The minimum Gasteiger partial charge on any atom is -0.338 e. The van der Waals surface area contributed by atoms with Crippen LogP contribution in [0.3, 0.4) is 0 Å². The molecule has 2 nitrogen and oxygen atoms in total. The Kier molecular flexibility index (Phi) is 4.00. The van der Waals surface area contributed by atoms with Crippen molar-refractivity contribution in [2.24, 2.45) is 5.92 Å². The molecule has 0 fully saturated rings. The van der Waals surface area contributed by atoms with Crippen LogP contribution in [0, 0.1) is 5.92 Å². The Balaban J connectivity index is 2.41. The Morgan fingerprint density at radius 3 is 2.85 bits per heavy atom. The van der Waals surface area contributed by atoms with Gasteiger partial charge in [-0.05, 0) is 12.8 Å². The molecule has 0 aromatic heterocycles. The lowest BCUT2D eigenvalue weighted by Gasteiger charge is -2.26. The molecule has 0 saturated carbocycles. The van der Waals surface area contributed by atoms with E-state index in [9.17, 15) is 4.79 Å². The first-order valence-electron chi connectivity index (χ1n) is 5.19. The van der Waals surface area contributed by atoms with Crippen molar-refractivity contribution in [2.45, 2.75) is 33.1 Å². The molecule has 1 atom stereocenters. The third-order valence-electron chi connectivity index (χ3n) is 2.51. The van der Waals surface area contributed by atoms with Crippen molar-refractivity contribution in [1.29, 1.82) is 0 Å². The fraction of sp³-hybridized carbons (Fsp3) is 0.727. The van der Waals surface area contributed by atoms with Gasteiger partial charge in [0.05, 0.1) is 0 Å². The maximum absolute atomic E-state index is 11.8. The summed E-state index contributed by atoms with van der Waals surface area (Å²) in [6.45, 7) is 5.88. The number of rotatable bonds is 3. The Morgan fingerprint density at radius 1 is 1.54 bits per heavy atom. The average molecular weight is 181 g/mol. The molecule has 1 unspecified atom stereocenters. The lowest BCUT2D eigenvalue weighted by molar-refractivity contribution is -0.134. The molecule has 0 N–H and O–H groups in total. The molecular weight excluding hydrogens is 162 g/mol. The SMILES string of the molecule is CCCC(C)C(=O)N1CC=CCC1. The van der Waals surface area contributed by atoms with Crippen LogP contribution in [0.5, 0.6) is 0 Å². The van der Waals surface area contributed by atoms with E-state index in [0.29, 0.717) is 5.91 Å². The maximum Gasteiger partial charge on any atom is 0.225 e. The molecule has 1 heterocycles. The molecule has 0 spiro atoms. The molecule has 0 bridgehead atoms. The molecule has 2 heteroatoms. The highest BCUT2D eigenvalue weighted by Crippen LogP contribution is 2.11. The second-order valence-electron chi connectivity index (χ2n) is 3.73. The van der Waals surface area contributed by atoms with E-state index in [0.717, 1.165) is 32.4 Å². The summed E-state index contributed by atoms with van der Waals surface area (Å²) in [6, 6.07) is 0. The van der Waals surface area contributed by atoms with Crippen LogP contribution in [-0.2, 0) is 4.79 Å². The summed E-state index contributed by atoms with van der Waals surface area (Å²) in [7, 11) is 0. The lowest BCUT2D eigenvalue weighted by Crippen LogP contribution is -2.37. The van der Waals surface area contributed by atoms with Gasteiger partial charge in [0.1, 0.15) is 0 Å². The molecule has 0 aromatic carbocycles. The van der Waals surface area contributed by atoms with Crippen molar-refractivity contribution in [3.05, 3.63) is 12.2 Å². The summed E-state index contributed by atoms with van der Waals surface area (Å²) in [5.41, 5.74) is 0. The molecule has 1 amide bonds. The number of hydrogen-bond donors (Lipinski definition) is 0. The number of amides is 1. The van der Waals surface area contributed by atoms with Crippen LogP contribution in [-0.4, -0.2) is 23.9 Å². The molecule has 74 valence electrons. The number of nitrogens with zero attached hydrogens (tertiary/aromatic N) is 1. The number of hydrogen-bond acceptors (Lipinski definition) is 1. The molecule has 1 rings (SSSR count). The summed E-state index contributed by atoms with van der Waals surface area (Å²) in [5.74, 6) is 0.530. The highest BCUT2D eigenvalue weighted by atomic mass is 16.2. The zero-order valence-electron chi connectivity index (χ0n) is 8.62. The molecular formula is C11H19NO. The molecule has 0 radical (unpaired) electrons. The van der Waals surface area contributed by atoms with Gasteiger partial charge in [0.15, 0.2) is 0 Å². The number of carbonyl (C=O) groups excluding carboxylic acids is 1. The van der Waals surface area contributed by atoms with Crippen LogP contribution in [0.25, 0.3) is 0 Å². The molecule has 0 saturated heterocycles. The van der Waals surface area contributed by atoms with E-state index in [2.05, 4.69) is 19.1 Å². The normalized spacial score (nSPS) is 18.8. The predicted octanol–water partition coefficient (Wildman–Crippen LogP) is 2.21. The van der Waals surface area contributed by atoms with Gasteiger partial charge >= 0.3 is 0 Å². The van der Waals surface area contributed by atoms with Gasteiger partial charge in [0.2, 0.25) is 5.91 Å². The molecule has 1 aliphatic heterocycles. The molecule has 13 heavy (non-hydrogen) atoms. The summed E-state index contributed by atoms with van der Waals surface area (Å²) in [6.07, 6.45) is 7.36. The fourth-order valence-corrected chi connectivity index (χ4v) is 1.71. The largest absolute Gasteiger partial charge is 0.338 e. The van der Waals surface area contributed by atoms with Gasteiger partial charge in [-0.15, -0.1) is 0 Å². The summed E-state index contributed by atoms with van der Waals surface area (Å²) < 4.78 is 0. The Morgan fingerprint density at radius 2 is 2.31 bits per heavy atom. The first kappa shape index (κ1) is 10.3. The Bertz CT molecular complexity index is 198. The van der Waals surface area contributed by atoms with E-state index < -0.39 is 0 Å². The van der Waals surface area contributed by atoms with Gasteiger partial charge in [-0.3, -0.25) is 4.79 Å². The number of carbonyl (C=O) groups is 1. The Hall–Kier alpha value is -0.790. The summed E-state index contributed by atoms with van der Waals surface area (Å²) >= 11 is 0. The van der Waals surface area contributed by atoms with Crippen molar-refractivity contribution in [3.8, 4) is 0 Å². The van der Waals surface area contributed by atoms with E-state index in [1.165, 1.54) is 0 Å². The standard InChI is InChI=1S/C11H19NO/c1-3-7-10(2)11(13)12-8-5-4-6-9-12/h4-5,10H,3,6-9H2,1-2H3. The molecule has 1 aliphatic rings. The van der Waals surface area contributed by atoms with Gasteiger partial charge in [-0.2, -0.15) is 0 Å². The zero-order valence-corrected chi connectivity index (χ0v) is 8.62. The van der Waals surface area contributed by atoms with E-state index in [4.69, 9.17) is 0 Å². The summed E-state index contributed by atoms with van der Waals surface area (Å²) in [4.78, 5) is 13.7. The second-order valence-corrected chi connectivity index (χ2v) is 3.73. The quantitative estimate of drug-likeness (QED) is 0.611. The van der Waals surface area contributed by atoms with Crippen LogP contribution in [0.4, 0.5) is 0 Å². The van der Waals surface area contributed by atoms with Crippen molar-refractivity contribution < 1.29 is 4.79 Å². The van der Waals surface area contributed by atoms with Crippen LogP contribution in [0.2, 0.25) is 0 Å². The van der Waals surface area contributed by atoms with Crippen LogP contribution in [0.15, 0.2) is 12.2 Å². The fourth-order valence-electron chi connectivity index (χ4n) is 1.71. The summed E-state index contributed by atoms with van der Waals surface area (Å²) in [5, 5.41) is 0. The molecule has 0 aliphatic carbocycles. The monoisotopic (exact) mass is 181 g/mol. The third kappa shape index (κ3) is 2.87. The van der Waals surface area contributed by atoms with Crippen LogP contribution < -0.4 is 0 Å². The van der Waals surface area contributed by atoms with Crippen molar-refractivity contribution in [2.75, 3.05) is 13.1 Å². The minimum absolute atomic E-state index is 0.205. The smallest absolute Gasteiger partial charge is 0.225 e. The second kappa shape index (κ2) is 5.05. The van der Waals surface area contributed by atoms with Crippen molar-refractivity contribution in [1.82, 2.24) is 4.90 Å². The Labute approximate surface area is 80.6 Å². The van der Waals surface area contributed by atoms with Crippen molar-refractivity contribution in [3.63, 3.8) is 0 Å². The minimum atomic E-state index is 0.205. The van der Waals surface area contributed by atoms with Gasteiger partial charge in [-0.1, -0.05) is 32.4 Å².